The van der Waals surface area contributed by atoms with Crippen molar-refractivity contribution in [2.24, 2.45) is 0 Å². The van der Waals surface area contributed by atoms with E-state index in [0.29, 0.717) is 11.3 Å². The van der Waals surface area contributed by atoms with Crippen molar-refractivity contribution in [1.29, 1.82) is 0 Å². The number of anilines is 1. The number of thioether (sulfide) groups is 1. The van der Waals surface area contributed by atoms with Crippen LogP contribution >= 0.6 is 11.8 Å². The molecule has 0 spiro atoms. The van der Waals surface area contributed by atoms with Gasteiger partial charge >= 0.3 is 11.9 Å². The van der Waals surface area contributed by atoms with Gasteiger partial charge in [-0.05, 0) is 50.1 Å². The summed E-state index contributed by atoms with van der Waals surface area (Å²) in [5.74, 6) is -1.32. The molecular formula is C21H23NO5S. The number of aryl methyl sites for hydroxylation is 3. The van der Waals surface area contributed by atoms with Crippen molar-refractivity contribution in [3.8, 4) is 0 Å². The lowest BCUT2D eigenvalue weighted by atomic mass is 10.1. The first-order valence-electron chi connectivity index (χ1n) is 8.64. The second-order valence-electron chi connectivity index (χ2n) is 6.29. The fourth-order valence-corrected chi connectivity index (χ4v) is 3.28. The molecule has 0 radical (unpaired) electrons. The van der Waals surface area contributed by atoms with Crippen molar-refractivity contribution in [1.82, 2.24) is 0 Å². The number of esters is 2. The van der Waals surface area contributed by atoms with E-state index in [9.17, 15) is 14.4 Å². The summed E-state index contributed by atoms with van der Waals surface area (Å²) >= 11 is 1.37. The Bertz CT molecular complexity index is 894. The van der Waals surface area contributed by atoms with Crippen molar-refractivity contribution in [2.75, 3.05) is 24.8 Å². The first-order chi connectivity index (χ1) is 13.3. The topological polar surface area (TPSA) is 81.7 Å². The number of nitrogens with one attached hydrogen (secondary N) is 1. The second-order valence-corrected chi connectivity index (χ2v) is 7.30. The van der Waals surface area contributed by atoms with Gasteiger partial charge in [0.2, 0.25) is 0 Å². The van der Waals surface area contributed by atoms with Crippen LogP contribution in [0.3, 0.4) is 0 Å². The van der Waals surface area contributed by atoms with Gasteiger partial charge in [0, 0.05) is 10.6 Å². The molecule has 0 aliphatic heterocycles. The zero-order valence-electron chi connectivity index (χ0n) is 16.3. The van der Waals surface area contributed by atoms with Crippen LogP contribution in [0.4, 0.5) is 5.69 Å². The van der Waals surface area contributed by atoms with Crippen LogP contribution in [-0.2, 0) is 19.1 Å². The number of amides is 1. The van der Waals surface area contributed by atoms with E-state index in [1.165, 1.54) is 24.9 Å². The normalized spacial score (nSPS) is 10.3. The lowest BCUT2D eigenvalue weighted by molar-refractivity contribution is -0.144. The average Bonchev–Trinajstić information content (AvgIpc) is 2.66. The summed E-state index contributed by atoms with van der Waals surface area (Å²) in [5, 5.41) is 2.64. The van der Waals surface area contributed by atoms with Crippen LogP contribution in [-0.4, -0.2) is 37.3 Å². The Balaban J connectivity index is 1.85. The van der Waals surface area contributed by atoms with Crippen LogP contribution in [0.5, 0.6) is 0 Å². The van der Waals surface area contributed by atoms with E-state index in [0.717, 1.165) is 21.6 Å². The van der Waals surface area contributed by atoms with Crippen molar-refractivity contribution in [3.63, 3.8) is 0 Å². The van der Waals surface area contributed by atoms with Crippen LogP contribution in [0.1, 0.15) is 27.0 Å². The Kier molecular flexibility index (Phi) is 7.63. The van der Waals surface area contributed by atoms with Gasteiger partial charge in [-0.3, -0.25) is 9.59 Å². The molecule has 0 heterocycles. The number of carbonyl (C=O) groups excluding carboxylic acids is 3. The zero-order chi connectivity index (χ0) is 20.7. The Morgan fingerprint density at radius 2 is 1.75 bits per heavy atom. The minimum atomic E-state index is -0.495. The summed E-state index contributed by atoms with van der Waals surface area (Å²) in [6.07, 6.45) is 0. The van der Waals surface area contributed by atoms with Gasteiger partial charge in [0.05, 0.1) is 18.4 Å². The Hall–Kier alpha value is -2.80. The highest BCUT2D eigenvalue weighted by Crippen LogP contribution is 2.23. The number of benzene rings is 2. The zero-order valence-corrected chi connectivity index (χ0v) is 17.1. The molecular weight excluding hydrogens is 378 g/mol. The third kappa shape index (κ3) is 6.13. The molecule has 0 saturated carbocycles. The lowest BCUT2D eigenvalue weighted by Crippen LogP contribution is -2.22. The van der Waals surface area contributed by atoms with Crippen LogP contribution in [0, 0.1) is 20.8 Å². The molecule has 2 aromatic carbocycles. The number of rotatable bonds is 7. The molecule has 1 N–H and O–H groups in total. The molecule has 28 heavy (non-hydrogen) atoms. The van der Waals surface area contributed by atoms with Gasteiger partial charge in [0.1, 0.15) is 0 Å². The number of carbonyl (C=O) groups is 3. The van der Waals surface area contributed by atoms with Gasteiger partial charge in [0.15, 0.2) is 6.61 Å². The maximum absolute atomic E-state index is 12.1. The highest BCUT2D eigenvalue weighted by atomic mass is 32.2. The molecule has 0 unspecified atom stereocenters. The fourth-order valence-electron chi connectivity index (χ4n) is 2.47. The Labute approximate surface area is 168 Å². The number of methoxy groups -OCH3 is 1. The van der Waals surface area contributed by atoms with Crippen LogP contribution in [0.15, 0.2) is 41.3 Å². The van der Waals surface area contributed by atoms with Crippen molar-refractivity contribution >= 4 is 35.3 Å². The van der Waals surface area contributed by atoms with Gasteiger partial charge in [-0.1, -0.05) is 23.8 Å². The average molecular weight is 401 g/mol. The van der Waals surface area contributed by atoms with Gasteiger partial charge in [0.25, 0.3) is 5.91 Å². The largest absolute Gasteiger partial charge is 0.465 e. The maximum Gasteiger partial charge on any atom is 0.337 e. The maximum atomic E-state index is 12.1. The molecule has 7 heteroatoms. The van der Waals surface area contributed by atoms with Crippen molar-refractivity contribution < 1.29 is 23.9 Å². The molecule has 0 aromatic heterocycles. The minimum Gasteiger partial charge on any atom is -0.465 e. The second kappa shape index (κ2) is 9.94. The molecule has 1 amide bonds. The monoisotopic (exact) mass is 401 g/mol. The summed E-state index contributed by atoms with van der Waals surface area (Å²) in [4.78, 5) is 36.6. The smallest absolute Gasteiger partial charge is 0.337 e. The molecule has 2 aromatic rings. The molecule has 0 aliphatic rings. The molecule has 0 atom stereocenters. The van der Waals surface area contributed by atoms with Crippen LogP contribution < -0.4 is 5.32 Å². The highest BCUT2D eigenvalue weighted by molar-refractivity contribution is 8.00. The first-order valence-corrected chi connectivity index (χ1v) is 9.63. The quantitative estimate of drug-likeness (QED) is 0.563. The van der Waals surface area contributed by atoms with E-state index < -0.39 is 24.5 Å². The van der Waals surface area contributed by atoms with Gasteiger partial charge in [-0.2, -0.15) is 0 Å². The summed E-state index contributed by atoms with van der Waals surface area (Å²) in [7, 11) is 1.29. The number of hydrogen-bond donors (Lipinski definition) is 1. The van der Waals surface area contributed by atoms with Crippen molar-refractivity contribution in [2.45, 2.75) is 25.7 Å². The predicted octanol–water partition coefficient (Wildman–Crippen LogP) is 3.67. The minimum absolute atomic E-state index is 0.119. The molecule has 0 saturated heterocycles. The van der Waals surface area contributed by atoms with E-state index in [-0.39, 0.29) is 5.75 Å². The Morgan fingerprint density at radius 3 is 2.43 bits per heavy atom. The van der Waals surface area contributed by atoms with Gasteiger partial charge in [-0.25, -0.2) is 4.79 Å². The van der Waals surface area contributed by atoms with Gasteiger partial charge < -0.3 is 14.8 Å². The summed E-state index contributed by atoms with van der Waals surface area (Å²) in [6.45, 7) is 5.40. The molecule has 0 aliphatic carbocycles. The Morgan fingerprint density at radius 1 is 1.00 bits per heavy atom. The first kappa shape index (κ1) is 21.5. The van der Waals surface area contributed by atoms with Crippen LogP contribution in [0.25, 0.3) is 0 Å². The van der Waals surface area contributed by atoms with E-state index in [1.807, 2.05) is 32.0 Å². The number of ether oxygens (including phenoxy) is 2. The SMILES string of the molecule is COC(=O)c1ccc(C)c(NC(=O)COC(=O)CSc2ccc(C)cc2C)c1. The van der Waals surface area contributed by atoms with E-state index in [1.54, 1.807) is 19.1 Å². The van der Waals surface area contributed by atoms with Gasteiger partial charge in [-0.15, -0.1) is 11.8 Å². The number of hydrogen-bond acceptors (Lipinski definition) is 6. The third-order valence-electron chi connectivity index (χ3n) is 3.97. The van der Waals surface area contributed by atoms with Crippen LogP contribution in [0.2, 0.25) is 0 Å². The van der Waals surface area contributed by atoms with E-state index in [2.05, 4.69) is 10.1 Å². The summed E-state index contributed by atoms with van der Waals surface area (Å²) < 4.78 is 9.71. The molecule has 6 nitrogen and oxygen atoms in total. The molecule has 2 rings (SSSR count). The van der Waals surface area contributed by atoms with E-state index in [4.69, 9.17) is 4.74 Å². The highest BCUT2D eigenvalue weighted by Gasteiger charge is 2.13. The lowest BCUT2D eigenvalue weighted by Gasteiger charge is -2.11. The third-order valence-corrected chi connectivity index (χ3v) is 5.12. The molecule has 0 fully saturated rings. The standard InChI is InChI=1S/C21H23NO5S/c1-13-5-8-18(15(3)9-13)28-12-20(24)27-11-19(23)22-17-10-16(21(25)26-4)7-6-14(17)2/h5-10H,11-12H2,1-4H3,(H,22,23). The molecule has 148 valence electrons. The van der Waals surface area contributed by atoms with E-state index >= 15 is 0 Å². The summed E-state index contributed by atoms with van der Waals surface area (Å²) in [5.41, 5.74) is 3.82. The predicted molar refractivity (Wildman–Crippen MR) is 109 cm³/mol. The summed E-state index contributed by atoms with van der Waals surface area (Å²) in [6, 6.07) is 10.8. The van der Waals surface area contributed by atoms with Crippen molar-refractivity contribution in [3.05, 3.63) is 58.7 Å². The fraction of sp³-hybridized carbons (Fsp3) is 0.286. The molecule has 0 bridgehead atoms.